The number of nitrogens with zero attached hydrogens (tertiary/aromatic N) is 2. The van der Waals surface area contributed by atoms with Crippen LogP contribution in [0.3, 0.4) is 0 Å². The number of halogens is 1. The van der Waals surface area contributed by atoms with Crippen LogP contribution in [0.4, 0.5) is 0 Å². The van der Waals surface area contributed by atoms with Crippen LogP contribution >= 0.6 is 11.6 Å². The molecule has 0 atom stereocenters. The SMILES string of the molecule is Cc1oc(Cn2cc(Cl)cn2)cc1CNC1CC1. The normalized spacial score (nSPS) is 15.2. The quantitative estimate of drug-likeness (QED) is 0.904. The molecule has 4 nitrogen and oxygen atoms in total. The highest BCUT2D eigenvalue weighted by Crippen LogP contribution is 2.21. The predicted octanol–water partition coefficient (Wildman–Crippen LogP) is 2.74. The molecule has 2 aromatic heterocycles. The number of aryl methyl sites for hydroxylation is 1. The molecule has 1 aliphatic carbocycles. The van der Waals surface area contributed by atoms with Gasteiger partial charge in [0, 0.05) is 24.3 Å². The maximum absolute atomic E-state index is 5.83. The Bertz CT molecular complexity index is 542. The summed E-state index contributed by atoms with van der Waals surface area (Å²) in [5.41, 5.74) is 1.23. The van der Waals surface area contributed by atoms with E-state index in [9.17, 15) is 0 Å². The summed E-state index contributed by atoms with van der Waals surface area (Å²) in [6, 6.07) is 2.81. The molecular formula is C13H16ClN3O. The molecule has 2 aromatic rings. The third-order valence-corrected chi connectivity index (χ3v) is 3.34. The van der Waals surface area contributed by atoms with Gasteiger partial charge < -0.3 is 9.73 Å². The van der Waals surface area contributed by atoms with Crippen LogP contribution in [0, 0.1) is 6.92 Å². The minimum Gasteiger partial charge on any atom is -0.464 e. The largest absolute Gasteiger partial charge is 0.464 e. The van der Waals surface area contributed by atoms with Crippen LogP contribution in [0.25, 0.3) is 0 Å². The summed E-state index contributed by atoms with van der Waals surface area (Å²) < 4.78 is 7.51. The summed E-state index contributed by atoms with van der Waals surface area (Å²) in [7, 11) is 0. The van der Waals surface area contributed by atoms with Crippen LogP contribution in [-0.4, -0.2) is 15.8 Å². The number of hydrogen-bond acceptors (Lipinski definition) is 3. The van der Waals surface area contributed by atoms with Crippen LogP contribution in [-0.2, 0) is 13.1 Å². The Kier molecular flexibility index (Phi) is 3.14. The van der Waals surface area contributed by atoms with E-state index < -0.39 is 0 Å². The highest BCUT2D eigenvalue weighted by Gasteiger charge is 2.20. The van der Waals surface area contributed by atoms with Crippen LogP contribution in [0.15, 0.2) is 22.9 Å². The first-order valence-corrected chi connectivity index (χ1v) is 6.58. The van der Waals surface area contributed by atoms with E-state index in [1.807, 2.05) is 6.92 Å². The Balaban J connectivity index is 1.66. The Morgan fingerprint density at radius 1 is 1.56 bits per heavy atom. The van der Waals surface area contributed by atoms with Crippen molar-refractivity contribution in [3.8, 4) is 0 Å². The first kappa shape index (κ1) is 11.8. The lowest BCUT2D eigenvalue weighted by atomic mass is 10.2. The first-order chi connectivity index (χ1) is 8.70. The molecule has 3 rings (SSSR count). The van der Waals surface area contributed by atoms with E-state index in [0.717, 1.165) is 18.1 Å². The lowest BCUT2D eigenvalue weighted by Crippen LogP contribution is -2.15. The molecule has 5 heteroatoms. The van der Waals surface area contributed by atoms with E-state index in [4.69, 9.17) is 16.0 Å². The average molecular weight is 266 g/mol. The van der Waals surface area contributed by atoms with E-state index in [0.29, 0.717) is 17.6 Å². The van der Waals surface area contributed by atoms with Crippen molar-refractivity contribution >= 4 is 11.6 Å². The predicted molar refractivity (Wildman–Crippen MR) is 69.6 cm³/mol. The van der Waals surface area contributed by atoms with E-state index in [2.05, 4.69) is 16.5 Å². The fourth-order valence-corrected chi connectivity index (χ4v) is 2.12. The van der Waals surface area contributed by atoms with Gasteiger partial charge in [0.1, 0.15) is 11.5 Å². The van der Waals surface area contributed by atoms with Gasteiger partial charge in [0.25, 0.3) is 0 Å². The Morgan fingerprint density at radius 3 is 3.06 bits per heavy atom. The maximum Gasteiger partial charge on any atom is 0.125 e. The standard InChI is InChI=1S/C13H16ClN3O/c1-9-10(5-15-12-2-3-12)4-13(18-9)8-17-7-11(14)6-16-17/h4,6-7,12,15H,2-3,5,8H2,1H3. The monoisotopic (exact) mass is 265 g/mol. The molecular weight excluding hydrogens is 250 g/mol. The summed E-state index contributed by atoms with van der Waals surface area (Å²) >= 11 is 5.83. The summed E-state index contributed by atoms with van der Waals surface area (Å²) in [5, 5.41) is 8.28. The fraction of sp³-hybridized carbons (Fsp3) is 0.462. The van der Waals surface area contributed by atoms with Gasteiger partial charge in [-0.25, -0.2) is 0 Å². The van der Waals surface area contributed by atoms with Crippen LogP contribution in [0.2, 0.25) is 5.02 Å². The zero-order valence-electron chi connectivity index (χ0n) is 10.3. The molecule has 0 radical (unpaired) electrons. The van der Waals surface area contributed by atoms with Crippen LogP contribution in [0.1, 0.15) is 29.9 Å². The summed E-state index contributed by atoms with van der Waals surface area (Å²) in [6.07, 6.45) is 6.03. The zero-order chi connectivity index (χ0) is 12.5. The van der Waals surface area contributed by atoms with Gasteiger partial charge in [0.15, 0.2) is 0 Å². The Morgan fingerprint density at radius 2 is 2.39 bits per heavy atom. The molecule has 0 saturated heterocycles. The third kappa shape index (κ3) is 2.76. The van der Waals surface area contributed by atoms with Crippen molar-refractivity contribution < 1.29 is 4.42 Å². The molecule has 0 spiro atoms. The highest BCUT2D eigenvalue weighted by atomic mass is 35.5. The van der Waals surface area contributed by atoms with Crippen LogP contribution < -0.4 is 5.32 Å². The zero-order valence-corrected chi connectivity index (χ0v) is 11.1. The second-order valence-electron chi connectivity index (χ2n) is 4.81. The van der Waals surface area contributed by atoms with Gasteiger partial charge in [-0.1, -0.05) is 11.6 Å². The van der Waals surface area contributed by atoms with Gasteiger partial charge in [-0.05, 0) is 25.8 Å². The van der Waals surface area contributed by atoms with Crippen LogP contribution in [0.5, 0.6) is 0 Å². The number of furan rings is 1. The molecule has 1 N–H and O–H groups in total. The maximum atomic E-state index is 5.83. The molecule has 2 heterocycles. The van der Waals surface area contributed by atoms with Crippen molar-refractivity contribution in [3.63, 3.8) is 0 Å². The van der Waals surface area contributed by atoms with E-state index in [1.165, 1.54) is 18.4 Å². The Hall–Kier alpha value is -1.26. The summed E-state index contributed by atoms with van der Waals surface area (Å²) in [4.78, 5) is 0. The second-order valence-corrected chi connectivity index (χ2v) is 5.24. The van der Waals surface area contributed by atoms with Gasteiger partial charge in [-0.15, -0.1) is 0 Å². The molecule has 1 aliphatic rings. The highest BCUT2D eigenvalue weighted by molar-refractivity contribution is 6.30. The van der Waals surface area contributed by atoms with Crippen molar-refractivity contribution in [1.82, 2.24) is 15.1 Å². The molecule has 0 amide bonds. The third-order valence-electron chi connectivity index (χ3n) is 3.15. The average Bonchev–Trinajstić information content (AvgIpc) is 2.98. The molecule has 0 bridgehead atoms. The number of hydrogen-bond donors (Lipinski definition) is 1. The minimum atomic E-state index is 0.622. The topological polar surface area (TPSA) is 43.0 Å². The molecule has 96 valence electrons. The van der Waals surface area contributed by atoms with E-state index in [1.54, 1.807) is 17.1 Å². The van der Waals surface area contributed by atoms with Gasteiger partial charge in [-0.2, -0.15) is 5.10 Å². The lowest BCUT2D eigenvalue weighted by molar-refractivity contribution is 0.456. The minimum absolute atomic E-state index is 0.622. The second kappa shape index (κ2) is 4.78. The molecule has 0 aliphatic heterocycles. The van der Waals surface area contributed by atoms with Gasteiger partial charge >= 0.3 is 0 Å². The van der Waals surface area contributed by atoms with Crippen molar-refractivity contribution in [2.75, 3.05) is 0 Å². The first-order valence-electron chi connectivity index (χ1n) is 6.20. The van der Waals surface area contributed by atoms with E-state index in [-0.39, 0.29) is 0 Å². The number of nitrogens with one attached hydrogen (secondary N) is 1. The number of aromatic nitrogens is 2. The van der Waals surface area contributed by atoms with Gasteiger partial charge in [0.2, 0.25) is 0 Å². The Labute approximate surface area is 111 Å². The van der Waals surface area contributed by atoms with Gasteiger partial charge in [0.05, 0.1) is 17.8 Å². The smallest absolute Gasteiger partial charge is 0.125 e. The van der Waals surface area contributed by atoms with Crippen molar-refractivity contribution in [2.45, 2.75) is 38.9 Å². The molecule has 0 aromatic carbocycles. The molecule has 1 saturated carbocycles. The van der Waals surface area contributed by atoms with Crippen molar-refractivity contribution in [1.29, 1.82) is 0 Å². The van der Waals surface area contributed by atoms with Crippen molar-refractivity contribution in [3.05, 3.63) is 40.6 Å². The van der Waals surface area contributed by atoms with Crippen molar-refractivity contribution in [2.24, 2.45) is 0 Å². The fourth-order valence-electron chi connectivity index (χ4n) is 1.97. The molecule has 18 heavy (non-hydrogen) atoms. The van der Waals surface area contributed by atoms with E-state index >= 15 is 0 Å². The summed E-state index contributed by atoms with van der Waals surface area (Å²) in [5.74, 6) is 1.90. The number of rotatable bonds is 5. The molecule has 1 fully saturated rings. The molecule has 0 unspecified atom stereocenters. The van der Waals surface area contributed by atoms with Gasteiger partial charge in [-0.3, -0.25) is 4.68 Å². The lowest BCUT2D eigenvalue weighted by Gasteiger charge is -1.99. The summed E-state index contributed by atoms with van der Waals surface area (Å²) in [6.45, 7) is 3.51.